The number of amides is 1. The molecule has 1 heterocycles. The number of hydrogen-bond acceptors (Lipinski definition) is 2. The molecule has 0 aromatic carbocycles. The van der Waals surface area contributed by atoms with Gasteiger partial charge in [-0.3, -0.25) is 0 Å². The van der Waals surface area contributed by atoms with Crippen molar-refractivity contribution in [2.24, 2.45) is 5.41 Å². The van der Waals surface area contributed by atoms with Crippen molar-refractivity contribution in [3.05, 3.63) is 0 Å². The number of rotatable bonds is 0. The number of carbonyl (C=O) groups is 1. The SMILES string of the molecule is CC1CC2(CC(O)C2)CN1C(=O)O. The van der Waals surface area contributed by atoms with Crippen LogP contribution >= 0.6 is 0 Å². The number of hydrogen-bond donors (Lipinski definition) is 2. The van der Waals surface area contributed by atoms with Gasteiger partial charge in [0.1, 0.15) is 0 Å². The lowest BCUT2D eigenvalue weighted by atomic mass is 9.66. The Hall–Kier alpha value is -0.770. The minimum atomic E-state index is -0.828. The summed E-state index contributed by atoms with van der Waals surface area (Å²) in [5.74, 6) is 0. The van der Waals surface area contributed by atoms with Crippen LogP contribution in [-0.2, 0) is 0 Å². The Balaban J connectivity index is 2.03. The van der Waals surface area contributed by atoms with Crippen LogP contribution in [0, 0.1) is 5.41 Å². The third kappa shape index (κ3) is 1.29. The van der Waals surface area contributed by atoms with Gasteiger partial charge in [-0.15, -0.1) is 0 Å². The predicted octanol–water partition coefficient (Wildman–Crippen LogP) is 0.900. The van der Waals surface area contributed by atoms with Crippen LogP contribution in [0.3, 0.4) is 0 Å². The van der Waals surface area contributed by atoms with Gasteiger partial charge in [0, 0.05) is 12.6 Å². The molecule has 4 heteroatoms. The maximum atomic E-state index is 10.8. The van der Waals surface area contributed by atoms with E-state index in [0.717, 1.165) is 19.3 Å². The summed E-state index contributed by atoms with van der Waals surface area (Å²) in [5, 5.41) is 18.1. The molecule has 1 aliphatic heterocycles. The molecule has 13 heavy (non-hydrogen) atoms. The normalized spacial score (nSPS) is 43.7. The first kappa shape index (κ1) is 8.81. The van der Waals surface area contributed by atoms with Crippen LogP contribution in [0.2, 0.25) is 0 Å². The first-order valence-corrected chi connectivity index (χ1v) is 4.70. The van der Waals surface area contributed by atoms with E-state index in [4.69, 9.17) is 5.11 Å². The molecule has 2 rings (SSSR count). The molecule has 1 saturated heterocycles. The maximum Gasteiger partial charge on any atom is 0.407 e. The fourth-order valence-corrected chi connectivity index (χ4v) is 2.81. The maximum absolute atomic E-state index is 10.8. The number of carboxylic acid groups (broad SMARTS) is 1. The highest BCUT2D eigenvalue weighted by molar-refractivity contribution is 5.66. The van der Waals surface area contributed by atoms with Crippen LogP contribution in [0.15, 0.2) is 0 Å². The quantitative estimate of drug-likeness (QED) is 0.589. The van der Waals surface area contributed by atoms with E-state index in [0.29, 0.717) is 6.54 Å². The smallest absolute Gasteiger partial charge is 0.407 e. The van der Waals surface area contributed by atoms with E-state index in [1.165, 1.54) is 4.90 Å². The zero-order chi connectivity index (χ0) is 9.64. The standard InChI is InChI=1S/C9H15NO3/c1-6-2-9(3-7(11)4-9)5-10(6)8(12)13/h6-7,11H,2-5H2,1H3,(H,12,13). The molecule has 1 spiro atoms. The Morgan fingerprint density at radius 3 is 2.46 bits per heavy atom. The van der Waals surface area contributed by atoms with Gasteiger partial charge in [0.15, 0.2) is 0 Å². The summed E-state index contributed by atoms with van der Waals surface area (Å²) in [6.45, 7) is 2.55. The van der Waals surface area contributed by atoms with Crippen LogP contribution < -0.4 is 0 Å². The molecule has 0 aromatic rings. The molecule has 1 aliphatic carbocycles. The van der Waals surface area contributed by atoms with E-state index in [1.807, 2.05) is 6.92 Å². The highest BCUT2D eigenvalue weighted by Gasteiger charge is 2.51. The molecule has 1 amide bonds. The first-order chi connectivity index (χ1) is 6.02. The Bertz CT molecular complexity index is 235. The lowest BCUT2D eigenvalue weighted by Crippen LogP contribution is -2.43. The second kappa shape index (κ2) is 2.61. The molecule has 0 aromatic heterocycles. The Kier molecular flexibility index (Phi) is 1.77. The van der Waals surface area contributed by atoms with Crippen molar-refractivity contribution >= 4 is 6.09 Å². The van der Waals surface area contributed by atoms with Crippen molar-refractivity contribution in [2.45, 2.75) is 38.3 Å². The molecule has 0 radical (unpaired) electrons. The summed E-state index contributed by atoms with van der Waals surface area (Å²) >= 11 is 0. The van der Waals surface area contributed by atoms with Gasteiger partial charge in [-0.05, 0) is 31.6 Å². The Labute approximate surface area is 77.2 Å². The van der Waals surface area contributed by atoms with Gasteiger partial charge in [0.05, 0.1) is 6.10 Å². The average molecular weight is 185 g/mol. The average Bonchev–Trinajstić information content (AvgIpc) is 2.26. The van der Waals surface area contributed by atoms with Crippen molar-refractivity contribution in [3.63, 3.8) is 0 Å². The minimum Gasteiger partial charge on any atom is -0.465 e. The number of likely N-dealkylation sites (tertiary alicyclic amines) is 1. The van der Waals surface area contributed by atoms with Gasteiger partial charge in [-0.2, -0.15) is 0 Å². The van der Waals surface area contributed by atoms with Crippen molar-refractivity contribution in [1.82, 2.24) is 4.90 Å². The van der Waals surface area contributed by atoms with Crippen molar-refractivity contribution < 1.29 is 15.0 Å². The van der Waals surface area contributed by atoms with Crippen molar-refractivity contribution in [1.29, 1.82) is 0 Å². The fraction of sp³-hybridized carbons (Fsp3) is 0.889. The zero-order valence-corrected chi connectivity index (χ0v) is 7.73. The van der Waals surface area contributed by atoms with E-state index < -0.39 is 6.09 Å². The third-order valence-corrected chi connectivity index (χ3v) is 3.35. The monoisotopic (exact) mass is 185 g/mol. The first-order valence-electron chi connectivity index (χ1n) is 4.70. The van der Waals surface area contributed by atoms with E-state index in [2.05, 4.69) is 0 Å². The summed E-state index contributed by atoms with van der Waals surface area (Å²) in [6, 6.07) is 0.116. The zero-order valence-electron chi connectivity index (χ0n) is 7.73. The van der Waals surface area contributed by atoms with E-state index in [9.17, 15) is 9.90 Å². The van der Waals surface area contributed by atoms with Crippen LogP contribution in [0.4, 0.5) is 4.79 Å². The van der Waals surface area contributed by atoms with Crippen LogP contribution in [0.1, 0.15) is 26.2 Å². The topological polar surface area (TPSA) is 60.8 Å². The Morgan fingerprint density at radius 1 is 1.46 bits per heavy atom. The lowest BCUT2D eigenvalue weighted by Gasteiger charge is -2.42. The van der Waals surface area contributed by atoms with E-state index in [-0.39, 0.29) is 17.6 Å². The summed E-state index contributed by atoms with van der Waals surface area (Å²) in [7, 11) is 0. The van der Waals surface area contributed by atoms with Gasteiger partial charge in [-0.1, -0.05) is 0 Å². The van der Waals surface area contributed by atoms with Crippen molar-refractivity contribution in [2.75, 3.05) is 6.54 Å². The highest BCUT2D eigenvalue weighted by atomic mass is 16.4. The van der Waals surface area contributed by atoms with Crippen molar-refractivity contribution in [3.8, 4) is 0 Å². The summed E-state index contributed by atoms with van der Waals surface area (Å²) in [6.07, 6.45) is 1.45. The summed E-state index contributed by atoms with van der Waals surface area (Å²) in [5.41, 5.74) is 0.108. The molecule has 4 nitrogen and oxygen atoms in total. The summed E-state index contributed by atoms with van der Waals surface area (Å²) in [4.78, 5) is 12.3. The molecule has 2 aliphatic rings. The number of aliphatic hydroxyl groups is 1. The van der Waals surface area contributed by atoms with Gasteiger partial charge < -0.3 is 15.1 Å². The Morgan fingerprint density at radius 2 is 2.08 bits per heavy atom. The van der Waals surface area contributed by atoms with Gasteiger partial charge in [-0.25, -0.2) is 4.79 Å². The molecular formula is C9H15NO3. The summed E-state index contributed by atoms with van der Waals surface area (Å²) < 4.78 is 0. The second-order valence-corrected chi connectivity index (χ2v) is 4.53. The third-order valence-electron chi connectivity index (χ3n) is 3.35. The molecule has 74 valence electrons. The minimum absolute atomic E-state index is 0.108. The molecule has 1 unspecified atom stereocenters. The molecular weight excluding hydrogens is 170 g/mol. The molecule has 2 fully saturated rings. The van der Waals surface area contributed by atoms with Gasteiger partial charge in [0.2, 0.25) is 0 Å². The van der Waals surface area contributed by atoms with Gasteiger partial charge in [0.25, 0.3) is 0 Å². The molecule has 2 N–H and O–H groups in total. The molecule has 1 saturated carbocycles. The van der Waals surface area contributed by atoms with E-state index >= 15 is 0 Å². The molecule has 0 bridgehead atoms. The second-order valence-electron chi connectivity index (χ2n) is 4.53. The fourth-order valence-electron chi connectivity index (χ4n) is 2.81. The van der Waals surface area contributed by atoms with E-state index in [1.54, 1.807) is 0 Å². The van der Waals surface area contributed by atoms with Crippen LogP contribution in [0.25, 0.3) is 0 Å². The van der Waals surface area contributed by atoms with Crippen LogP contribution in [0.5, 0.6) is 0 Å². The predicted molar refractivity (Wildman–Crippen MR) is 46.5 cm³/mol. The molecule has 1 atom stereocenters. The highest BCUT2D eigenvalue weighted by Crippen LogP contribution is 2.50. The number of nitrogens with zero attached hydrogens (tertiary/aromatic N) is 1. The largest absolute Gasteiger partial charge is 0.465 e. The lowest BCUT2D eigenvalue weighted by molar-refractivity contribution is -0.0246. The van der Waals surface area contributed by atoms with Gasteiger partial charge >= 0.3 is 6.09 Å². The number of aliphatic hydroxyl groups excluding tert-OH is 1. The van der Waals surface area contributed by atoms with Crippen LogP contribution in [-0.4, -0.2) is 39.9 Å².